The molecule has 2 rings (SSSR count). The molecule has 5 heteroatoms. The van der Waals surface area contributed by atoms with Crippen LogP contribution >= 0.6 is 0 Å². The van der Waals surface area contributed by atoms with Crippen LogP contribution in [0.25, 0.3) is 0 Å². The number of amides is 1. The van der Waals surface area contributed by atoms with Gasteiger partial charge in [0, 0.05) is 38.1 Å². The molecule has 1 amide bonds. The van der Waals surface area contributed by atoms with E-state index in [1.807, 2.05) is 18.3 Å². The predicted molar refractivity (Wildman–Crippen MR) is 63.9 cm³/mol. The van der Waals surface area contributed by atoms with Crippen molar-refractivity contribution < 1.29 is 9.90 Å². The molecule has 1 fully saturated rings. The average Bonchev–Trinajstić information content (AvgIpc) is 2.38. The summed E-state index contributed by atoms with van der Waals surface area (Å²) in [7, 11) is 0. The fourth-order valence-corrected chi connectivity index (χ4v) is 2.15. The molecule has 1 aliphatic heterocycles. The topological polar surface area (TPSA) is 65.5 Å². The van der Waals surface area contributed by atoms with Gasteiger partial charge in [-0.15, -0.1) is 0 Å². The van der Waals surface area contributed by atoms with Crippen molar-refractivity contribution >= 4 is 6.09 Å². The van der Waals surface area contributed by atoms with E-state index in [9.17, 15) is 4.79 Å². The number of aromatic nitrogens is 1. The van der Waals surface area contributed by atoms with Gasteiger partial charge in [-0.05, 0) is 24.5 Å². The molecule has 2 heterocycles. The molecule has 1 atom stereocenters. The first-order chi connectivity index (χ1) is 8.27. The monoisotopic (exact) mass is 235 g/mol. The lowest BCUT2D eigenvalue weighted by Gasteiger charge is -2.34. The van der Waals surface area contributed by atoms with Gasteiger partial charge in [-0.25, -0.2) is 4.79 Å². The van der Waals surface area contributed by atoms with Crippen molar-refractivity contribution in [1.82, 2.24) is 15.2 Å². The third-order valence-electron chi connectivity index (χ3n) is 3.08. The van der Waals surface area contributed by atoms with Gasteiger partial charge in [-0.3, -0.25) is 4.98 Å². The Labute approximate surface area is 100 Å². The summed E-state index contributed by atoms with van der Waals surface area (Å²) in [6.07, 6.45) is 4.47. The molecule has 1 unspecified atom stereocenters. The maximum Gasteiger partial charge on any atom is 0.407 e. The Kier molecular flexibility index (Phi) is 3.93. The van der Waals surface area contributed by atoms with Crippen LogP contribution in [0.5, 0.6) is 0 Å². The largest absolute Gasteiger partial charge is 0.465 e. The second-order valence-corrected chi connectivity index (χ2v) is 4.23. The van der Waals surface area contributed by atoms with E-state index in [0.29, 0.717) is 6.54 Å². The quantitative estimate of drug-likeness (QED) is 0.819. The van der Waals surface area contributed by atoms with Crippen LogP contribution in [-0.4, -0.2) is 46.8 Å². The Morgan fingerprint density at radius 1 is 1.65 bits per heavy atom. The minimum Gasteiger partial charge on any atom is -0.465 e. The van der Waals surface area contributed by atoms with Gasteiger partial charge in [0.25, 0.3) is 0 Å². The predicted octanol–water partition coefficient (Wildman–Crippen LogP) is 0.966. The van der Waals surface area contributed by atoms with E-state index in [1.165, 1.54) is 4.90 Å². The Morgan fingerprint density at radius 3 is 3.24 bits per heavy atom. The van der Waals surface area contributed by atoms with Crippen molar-refractivity contribution in [2.24, 2.45) is 0 Å². The summed E-state index contributed by atoms with van der Waals surface area (Å²) in [5.74, 6) is 0. The highest BCUT2D eigenvalue weighted by Gasteiger charge is 2.25. The third-order valence-corrected chi connectivity index (χ3v) is 3.08. The van der Waals surface area contributed by atoms with Crippen LogP contribution in [0, 0.1) is 0 Å². The second-order valence-electron chi connectivity index (χ2n) is 4.23. The minimum atomic E-state index is -0.817. The maximum absolute atomic E-state index is 11.1. The fourth-order valence-electron chi connectivity index (χ4n) is 2.15. The van der Waals surface area contributed by atoms with Gasteiger partial charge in [-0.2, -0.15) is 0 Å². The molecule has 0 spiro atoms. The molecule has 1 aliphatic rings. The standard InChI is InChI=1S/C12H17N3O2/c16-12(17)15-7-6-14-9-11(15)4-3-10-2-1-5-13-8-10/h1-2,5,8,11,14H,3-4,6-7,9H2,(H,16,17). The summed E-state index contributed by atoms with van der Waals surface area (Å²) in [6.45, 7) is 2.06. The normalized spacial score (nSPS) is 20.2. The van der Waals surface area contributed by atoms with Crippen molar-refractivity contribution in [3.8, 4) is 0 Å². The van der Waals surface area contributed by atoms with Gasteiger partial charge in [-0.1, -0.05) is 6.07 Å². The van der Waals surface area contributed by atoms with Crippen molar-refractivity contribution in [3.05, 3.63) is 30.1 Å². The summed E-state index contributed by atoms with van der Waals surface area (Å²) in [5.41, 5.74) is 1.16. The van der Waals surface area contributed by atoms with Crippen molar-refractivity contribution in [2.45, 2.75) is 18.9 Å². The van der Waals surface area contributed by atoms with E-state index in [0.717, 1.165) is 31.5 Å². The van der Waals surface area contributed by atoms with Crippen LogP contribution < -0.4 is 5.32 Å². The molecule has 0 bridgehead atoms. The molecule has 0 saturated carbocycles. The number of pyridine rings is 1. The molecule has 5 nitrogen and oxygen atoms in total. The average molecular weight is 235 g/mol. The summed E-state index contributed by atoms with van der Waals surface area (Å²) < 4.78 is 0. The number of nitrogens with zero attached hydrogens (tertiary/aromatic N) is 2. The summed E-state index contributed by atoms with van der Waals surface area (Å²) >= 11 is 0. The highest BCUT2D eigenvalue weighted by molar-refractivity contribution is 5.65. The Morgan fingerprint density at radius 2 is 2.53 bits per heavy atom. The number of aryl methyl sites for hydroxylation is 1. The fraction of sp³-hybridized carbons (Fsp3) is 0.500. The Bertz CT molecular complexity index is 369. The summed E-state index contributed by atoms with van der Waals surface area (Å²) in [6, 6.07) is 4.00. The van der Waals surface area contributed by atoms with Crippen LogP contribution in [-0.2, 0) is 6.42 Å². The van der Waals surface area contributed by atoms with Crippen LogP contribution in [0.1, 0.15) is 12.0 Å². The number of rotatable bonds is 3. The number of nitrogens with one attached hydrogen (secondary N) is 1. The molecule has 1 aromatic heterocycles. The van der Waals surface area contributed by atoms with Crippen molar-refractivity contribution in [1.29, 1.82) is 0 Å². The molecule has 1 saturated heterocycles. The van der Waals surface area contributed by atoms with E-state index in [1.54, 1.807) is 6.20 Å². The lowest BCUT2D eigenvalue weighted by molar-refractivity contribution is 0.109. The number of piperazine rings is 1. The molecule has 0 aromatic carbocycles. The Balaban J connectivity index is 1.90. The molecular weight excluding hydrogens is 218 g/mol. The zero-order valence-corrected chi connectivity index (χ0v) is 9.67. The van der Waals surface area contributed by atoms with Crippen molar-refractivity contribution in [3.63, 3.8) is 0 Å². The zero-order valence-electron chi connectivity index (χ0n) is 9.67. The number of hydrogen-bond acceptors (Lipinski definition) is 3. The highest BCUT2D eigenvalue weighted by Crippen LogP contribution is 2.11. The maximum atomic E-state index is 11.1. The lowest BCUT2D eigenvalue weighted by Crippen LogP contribution is -2.53. The number of carbonyl (C=O) groups is 1. The van der Waals surface area contributed by atoms with E-state index < -0.39 is 6.09 Å². The molecule has 17 heavy (non-hydrogen) atoms. The van der Waals surface area contributed by atoms with E-state index in [4.69, 9.17) is 5.11 Å². The van der Waals surface area contributed by atoms with E-state index >= 15 is 0 Å². The zero-order chi connectivity index (χ0) is 12.1. The van der Waals surface area contributed by atoms with Crippen LogP contribution in [0.3, 0.4) is 0 Å². The first-order valence-corrected chi connectivity index (χ1v) is 5.86. The number of carboxylic acid groups (broad SMARTS) is 1. The lowest BCUT2D eigenvalue weighted by atomic mass is 10.0. The van der Waals surface area contributed by atoms with Crippen molar-refractivity contribution in [2.75, 3.05) is 19.6 Å². The van der Waals surface area contributed by atoms with Gasteiger partial charge in [0.05, 0.1) is 0 Å². The minimum absolute atomic E-state index is 0.0708. The summed E-state index contributed by atoms with van der Waals surface area (Å²) in [5, 5.41) is 12.3. The summed E-state index contributed by atoms with van der Waals surface area (Å²) in [4.78, 5) is 16.7. The molecule has 92 valence electrons. The molecule has 0 radical (unpaired) electrons. The second kappa shape index (κ2) is 5.63. The number of hydrogen-bond donors (Lipinski definition) is 2. The molecule has 2 N–H and O–H groups in total. The van der Waals surface area contributed by atoms with Crippen LogP contribution in [0.15, 0.2) is 24.5 Å². The van der Waals surface area contributed by atoms with Crippen LogP contribution in [0.2, 0.25) is 0 Å². The smallest absolute Gasteiger partial charge is 0.407 e. The van der Waals surface area contributed by atoms with Gasteiger partial charge < -0.3 is 15.3 Å². The van der Waals surface area contributed by atoms with E-state index in [2.05, 4.69) is 10.3 Å². The Hall–Kier alpha value is -1.62. The van der Waals surface area contributed by atoms with Crippen LogP contribution in [0.4, 0.5) is 4.79 Å². The molecule has 1 aromatic rings. The van der Waals surface area contributed by atoms with Gasteiger partial charge in [0.2, 0.25) is 0 Å². The SMILES string of the molecule is O=C(O)N1CCNCC1CCc1cccnc1. The van der Waals surface area contributed by atoms with Gasteiger partial charge in [0.1, 0.15) is 0 Å². The van der Waals surface area contributed by atoms with Gasteiger partial charge >= 0.3 is 6.09 Å². The molecule has 0 aliphatic carbocycles. The third kappa shape index (κ3) is 3.17. The van der Waals surface area contributed by atoms with Gasteiger partial charge in [0.15, 0.2) is 0 Å². The van der Waals surface area contributed by atoms with E-state index in [-0.39, 0.29) is 6.04 Å². The molecular formula is C12H17N3O2. The highest BCUT2D eigenvalue weighted by atomic mass is 16.4. The first-order valence-electron chi connectivity index (χ1n) is 5.86. The first kappa shape index (κ1) is 11.9.